The molecule has 12 heteroatoms. The second-order valence-electron chi connectivity index (χ2n) is 6.12. The number of nitrogens with one attached hydrogen (secondary N) is 2. The molecule has 1 aliphatic rings. The Morgan fingerprint density at radius 2 is 1.82 bits per heavy atom. The SMILES string of the molecule is CN1CCCN(S(=O)(=O)c2cccc(NC(=O)CNC(=O)CN)c2)CC1.Cl.Cl. The van der Waals surface area contributed by atoms with Gasteiger partial charge in [0.1, 0.15) is 0 Å². The van der Waals surface area contributed by atoms with E-state index in [9.17, 15) is 18.0 Å². The molecular weight excluding hydrogens is 429 g/mol. The number of carbonyl (C=O) groups excluding carboxylic acids is 2. The predicted octanol–water partition coefficient (Wildman–Crippen LogP) is -0.130. The maximum atomic E-state index is 12.9. The van der Waals surface area contributed by atoms with E-state index in [1.54, 1.807) is 12.1 Å². The van der Waals surface area contributed by atoms with Gasteiger partial charge in [0.05, 0.1) is 18.0 Å². The quantitative estimate of drug-likeness (QED) is 0.548. The van der Waals surface area contributed by atoms with Crippen LogP contribution in [0.25, 0.3) is 0 Å². The third-order valence-electron chi connectivity index (χ3n) is 4.07. The van der Waals surface area contributed by atoms with E-state index in [0.717, 1.165) is 13.0 Å². The molecule has 0 radical (unpaired) electrons. The van der Waals surface area contributed by atoms with Crippen LogP contribution in [0.4, 0.5) is 5.69 Å². The van der Waals surface area contributed by atoms with E-state index in [-0.39, 0.29) is 42.8 Å². The van der Waals surface area contributed by atoms with Crippen LogP contribution in [0.15, 0.2) is 29.2 Å². The highest BCUT2D eigenvalue weighted by molar-refractivity contribution is 7.89. The summed E-state index contributed by atoms with van der Waals surface area (Å²) in [6, 6.07) is 6.10. The largest absolute Gasteiger partial charge is 0.346 e. The smallest absolute Gasteiger partial charge is 0.243 e. The summed E-state index contributed by atoms with van der Waals surface area (Å²) in [6.07, 6.45) is 0.771. The van der Waals surface area contributed by atoms with Crippen LogP contribution in [0.1, 0.15) is 6.42 Å². The molecule has 0 aromatic heterocycles. The Hall–Kier alpha value is -1.43. The predicted molar refractivity (Wildman–Crippen MR) is 113 cm³/mol. The van der Waals surface area contributed by atoms with Crippen molar-refractivity contribution in [1.82, 2.24) is 14.5 Å². The van der Waals surface area contributed by atoms with Crippen LogP contribution >= 0.6 is 24.8 Å². The molecule has 0 atom stereocenters. The molecule has 1 fully saturated rings. The molecule has 0 saturated carbocycles. The number of likely N-dealkylation sites (N-methyl/N-ethyl adjacent to an activating group) is 1. The molecule has 0 bridgehead atoms. The van der Waals surface area contributed by atoms with E-state index in [0.29, 0.717) is 25.3 Å². The van der Waals surface area contributed by atoms with Gasteiger partial charge in [0, 0.05) is 25.3 Å². The molecule has 1 aliphatic heterocycles. The van der Waals surface area contributed by atoms with Gasteiger partial charge in [0.15, 0.2) is 0 Å². The first-order valence-electron chi connectivity index (χ1n) is 8.38. The molecule has 28 heavy (non-hydrogen) atoms. The first kappa shape index (κ1) is 26.6. The summed E-state index contributed by atoms with van der Waals surface area (Å²) in [5.41, 5.74) is 5.50. The first-order valence-corrected chi connectivity index (χ1v) is 9.82. The zero-order valence-corrected chi connectivity index (χ0v) is 18.0. The number of nitrogens with zero attached hydrogens (tertiary/aromatic N) is 2. The average molecular weight is 456 g/mol. The van der Waals surface area contributed by atoms with Crippen molar-refractivity contribution in [3.63, 3.8) is 0 Å². The van der Waals surface area contributed by atoms with Crippen LogP contribution in [0.3, 0.4) is 0 Å². The van der Waals surface area contributed by atoms with Crippen LogP contribution in [0, 0.1) is 0 Å². The molecule has 1 aromatic rings. The van der Waals surface area contributed by atoms with Gasteiger partial charge in [-0.1, -0.05) is 6.07 Å². The van der Waals surface area contributed by atoms with E-state index >= 15 is 0 Å². The number of hydrogen-bond acceptors (Lipinski definition) is 6. The third kappa shape index (κ3) is 7.53. The summed E-state index contributed by atoms with van der Waals surface area (Å²) >= 11 is 0. The number of carbonyl (C=O) groups is 2. The van der Waals surface area contributed by atoms with Crippen LogP contribution in [-0.2, 0) is 19.6 Å². The van der Waals surface area contributed by atoms with E-state index in [1.165, 1.54) is 16.4 Å². The lowest BCUT2D eigenvalue weighted by Crippen LogP contribution is -2.36. The van der Waals surface area contributed by atoms with Gasteiger partial charge in [-0.2, -0.15) is 4.31 Å². The van der Waals surface area contributed by atoms with Crippen molar-refractivity contribution in [3.8, 4) is 0 Å². The van der Waals surface area contributed by atoms with Gasteiger partial charge in [-0.25, -0.2) is 8.42 Å². The molecular formula is C16H27Cl2N5O4S. The topological polar surface area (TPSA) is 125 Å². The summed E-state index contributed by atoms with van der Waals surface area (Å²) in [5.74, 6) is -0.902. The van der Waals surface area contributed by atoms with E-state index in [2.05, 4.69) is 15.5 Å². The first-order chi connectivity index (χ1) is 12.3. The zero-order valence-electron chi connectivity index (χ0n) is 15.6. The molecule has 4 N–H and O–H groups in total. The molecule has 0 unspecified atom stereocenters. The number of hydrogen-bond donors (Lipinski definition) is 3. The lowest BCUT2D eigenvalue weighted by Gasteiger charge is -2.20. The Bertz CT molecular complexity index is 763. The number of sulfonamides is 1. The van der Waals surface area contributed by atoms with Gasteiger partial charge in [-0.05, 0) is 38.2 Å². The maximum Gasteiger partial charge on any atom is 0.243 e. The number of benzene rings is 1. The second kappa shape index (κ2) is 12.2. The third-order valence-corrected chi connectivity index (χ3v) is 5.96. The maximum absolute atomic E-state index is 12.9. The molecule has 1 heterocycles. The van der Waals surface area contributed by atoms with Crippen molar-refractivity contribution < 1.29 is 18.0 Å². The average Bonchev–Trinajstić information content (AvgIpc) is 2.85. The minimum atomic E-state index is -3.63. The molecule has 2 rings (SSSR count). The number of rotatable bonds is 6. The van der Waals surface area contributed by atoms with Crippen molar-refractivity contribution in [2.45, 2.75) is 11.3 Å². The van der Waals surface area contributed by atoms with E-state index in [4.69, 9.17) is 5.73 Å². The highest BCUT2D eigenvalue weighted by atomic mass is 35.5. The minimum Gasteiger partial charge on any atom is -0.346 e. The summed E-state index contributed by atoms with van der Waals surface area (Å²) in [7, 11) is -1.66. The monoisotopic (exact) mass is 455 g/mol. The zero-order chi connectivity index (χ0) is 19.2. The molecule has 9 nitrogen and oxygen atoms in total. The normalized spacial score (nSPS) is 15.5. The van der Waals surface area contributed by atoms with Gasteiger partial charge in [-0.15, -0.1) is 24.8 Å². The van der Waals surface area contributed by atoms with Crippen molar-refractivity contribution >= 4 is 52.3 Å². The Labute approximate surface area is 177 Å². The Kier molecular flexibility index (Phi) is 11.6. The molecule has 160 valence electrons. The standard InChI is InChI=1S/C16H25N5O4S.2ClH/c1-20-6-3-7-21(9-8-20)26(24,25)14-5-2-4-13(10-14)19-16(23)12-18-15(22)11-17;;/h2,4-5,10H,3,6-9,11-12,17H2,1H3,(H,18,22)(H,19,23);2*1H. The number of anilines is 1. The summed E-state index contributed by atoms with van der Waals surface area (Å²) in [5, 5.41) is 4.92. The second-order valence-corrected chi connectivity index (χ2v) is 8.06. The molecule has 0 aliphatic carbocycles. The minimum absolute atomic E-state index is 0. The highest BCUT2D eigenvalue weighted by Gasteiger charge is 2.26. The van der Waals surface area contributed by atoms with Crippen LogP contribution in [0.5, 0.6) is 0 Å². The lowest BCUT2D eigenvalue weighted by atomic mass is 10.3. The van der Waals surface area contributed by atoms with Crippen LogP contribution in [-0.4, -0.2) is 75.8 Å². The summed E-state index contributed by atoms with van der Waals surface area (Å²) in [4.78, 5) is 25.2. The molecule has 1 aromatic carbocycles. The number of nitrogens with two attached hydrogens (primary N) is 1. The highest BCUT2D eigenvalue weighted by Crippen LogP contribution is 2.20. The fourth-order valence-corrected chi connectivity index (χ4v) is 4.12. The van der Waals surface area contributed by atoms with Crippen molar-refractivity contribution in [3.05, 3.63) is 24.3 Å². The van der Waals surface area contributed by atoms with Crippen LogP contribution < -0.4 is 16.4 Å². The van der Waals surface area contributed by atoms with E-state index < -0.39 is 21.8 Å². The van der Waals surface area contributed by atoms with Gasteiger partial charge in [0.25, 0.3) is 0 Å². The molecule has 1 saturated heterocycles. The van der Waals surface area contributed by atoms with Gasteiger partial charge in [-0.3, -0.25) is 9.59 Å². The number of halogens is 2. The van der Waals surface area contributed by atoms with Gasteiger partial charge in [0.2, 0.25) is 21.8 Å². The van der Waals surface area contributed by atoms with Crippen molar-refractivity contribution in [2.24, 2.45) is 5.73 Å². The Balaban J connectivity index is 0.00000364. The number of amides is 2. The summed E-state index contributed by atoms with van der Waals surface area (Å²) in [6.45, 7) is 2.00. The van der Waals surface area contributed by atoms with Crippen molar-refractivity contribution in [2.75, 3.05) is 51.6 Å². The van der Waals surface area contributed by atoms with Crippen LogP contribution in [0.2, 0.25) is 0 Å². The Morgan fingerprint density at radius 1 is 1.11 bits per heavy atom. The Morgan fingerprint density at radius 3 is 2.50 bits per heavy atom. The molecule has 2 amide bonds. The lowest BCUT2D eigenvalue weighted by molar-refractivity contribution is -0.123. The fourth-order valence-electron chi connectivity index (χ4n) is 2.60. The van der Waals surface area contributed by atoms with E-state index in [1.807, 2.05) is 7.05 Å². The van der Waals surface area contributed by atoms with Gasteiger partial charge >= 0.3 is 0 Å². The van der Waals surface area contributed by atoms with Gasteiger partial charge < -0.3 is 21.3 Å². The van der Waals surface area contributed by atoms with Crippen molar-refractivity contribution in [1.29, 1.82) is 0 Å². The summed E-state index contributed by atoms with van der Waals surface area (Å²) < 4.78 is 27.2. The fraction of sp³-hybridized carbons (Fsp3) is 0.500. The molecule has 0 spiro atoms.